The fourth-order valence-corrected chi connectivity index (χ4v) is 2.85. The van der Waals surface area contributed by atoms with E-state index < -0.39 is 17.5 Å². The van der Waals surface area contributed by atoms with Crippen molar-refractivity contribution in [2.24, 2.45) is 0 Å². The lowest BCUT2D eigenvalue weighted by Crippen LogP contribution is -2.25. The molecule has 0 aliphatic heterocycles. The van der Waals surface area contributed by atoms with E-state index in [1.54, 1.807) is 0 Å². The number of thioether (sulfide) groups is 1. The summed E-state index contributed by atoms with van der Waals surface area (Å²) in [7, 11) is 0. The Morgan fingerprint density at radius 2 is 2.25 bits per heavy atom. The number of hydrogen-bond donors (Lipinski definition) is 4. The van der Waals surface area contributed by atoms with Crippen LogP contribution in [0.3, 0.4) is 0 Å². The van der Waals surface area contributed by atoms with Gasteiger partial charge >= 0.3 is 0 Å². The van der Waals surface area contributed by atoms with Gasteiger partial charge in [0.2, 0.25) is 5.95 Å². The van der Waals surface area contributed by atoms with E-state index >= 15 is 0 Å². The summed E-state index contributed by atoms with van der Waals surface area (Å²) >= 11 is 1.39. The third-order valence-electron chi connectivity index (χ3n) is 3.10. The highest BCUT2D eigenvalue weighted by atomic mass is 32.2. The molecule has 3 rings (SSSR count). The van der Waals surface area contributed by atoms with Crippen LogP contribution >= 0.6 is 11.8 Å². The summed E-state index contributed by atoms with van der Waals surface area (Å²) in [4.78, 5) is 27.0. The molecule has 3 aromatic rings. The maximum atomic E-state index is 13.0. The van der Waals surface area contributed by atoms with Gasteiger partial charge in [0.25, 0.3) is 5.91 Å². The number of nitrogens with one attached hydrogen (secondary N) is 2. The third-order valence-corrected chi connectivity index (χ3v) is 4.08. The first-order valence-electron chi connectivity index (χ1n) is 6.90. The number of phenols is 1. The Kier molecular flexibility index (Phi) is 4.47. The van der Waals surface area contributed by atoms with Crippen molar-refractivity contribution < 1.29 is 14.3 Å². The van der Waals surface area contributed by atoms with Gasteiger partial charge in [0.1, 0.15) is 10.5 Å². The zero-order chi connectivity index (χ0) is 17.1. The Morgan fingerprint density at radius 3 is 3.04 bits per heavy atom. The van der Waals surface area contributed by atoms with Gasteiger partial charge in [0.15, 0.2) is 17.2 Å². The number of phenolic OH excluding ortho intramolecular Hbond substituents is 1. The molecule has 0 atom stereocenters. The first-order valence-corrected chi connectivity index (χ1v) is 7.89. The third kappa shape index (κ3) is 3.38. The molecule has 5 N–H and O–H groups in total. The van der Waals surface area contributed by atoms with Gasteiger partial charge in [-0.1, -0.05) is 0 Å². The van der Waals surface area contributed by atoms with Crippen LogP contribution in [0.4, 0.5) is 10.3 Å². The molecule has 0 unspecified atom stereocenters. The van der Waals surface area contributed by atoms with E-state index in [4.69, 9.17) is 5.73 Å². The van der Waals surface area contributed by atoms with Crippen molar-refractivity contribution in [1.29, 1.82) is 0 Å². The molecule has 10 heteroatoms. The molecule has 1 amide bonds. The summed E-state index contributed by atoms with van der Waals surface area (Å²) in [6.07, 6.45) is 1.51. The second-order valence-corrected chi connectivity index (χ2v) is 5.84. The molecular formula is C14H13FN6O2S. The summed E-state index contributed by atoms with van der Waals surface area (Å²) in [6, 6.07) is 3.42. The lowest BCUT2D eigenvalue weighted by atomic mass is 10.2. The number of benzene rings is 1. The van der Waals surface area contributed by atoms with E-state index in [2.05, 4.69) is 25.3 Å². The van der Waals surface area contributed by atoms with Crippen LogP contribution in [0.1, 0.15) is 10.4 Å². The number of carbonyl (C=O) groups is 1. The minimum absolute atomic E-state index is 0.128. The molecule has 0 fully saturated rings. The molecule has 2 heterocycles. The lowest BCUT2D eigenvalue weighted by molar-refractivity contribution is 0.0955. The number of halogens is 1. The molecule has 0 bridgehead atoms. The van der Waals surface area contributed by atoms with Gasteiger partial charge in [-0.05, 0) is 18.2 Å². The number of aromatic amines is 1. The number of carbonyl (C=O) groups excluding carboxylic acids is 1. The van der Waals surface area contributed by atoms with E-state index in [-0.39, 0.29) is 11.5 Å². The van der Waals surface area contributed by atoms with Crippen LogP contribution in [0.15, 0.2) is 29.6 Å². The Balaban J connectivity index is 1.57. The molecule has 2 aromatic heterocycles. The fraction of sp³-hybridized carbons (Fsp3) is 0.143. The Hall–Kier alpha value is -2.88. The number of imidazole rings is 1. The number of nitrogens with two attached hydrogens (primary N) is 1. The number of anilines is 1. The highest BCUT2D eigenvalue weighted by molar-refractivity contribution is 7.99. The van der Waals surface area contributed by atoms with Crippen LogP contribution in [-0.4, -0.2) is 43.2 Å². The molecule has 0 aliphatic rings. The molecule has 8 nitrogen and oxygen atoms in total. The number of nitrogens with zero attached hydrogens (tertiary/aromatic N) is 3. The molecule has 0 saturated carbocycles. The van der Waals surface area contributed by atoms with Crippen LogP contribution in [0, 0.1) is 5.82 Å². The van der Waals surface area contributed by atoms with E-state index in [9.17, 15) is 14.3 Å². The average Bonchev–Trinajstić information content (AvgIpc) is 3.02. The van der Waals surface area contributed by atoms with Crippen molar-refractivity contribution in [1.82, 2.24) is 25.3 Å². The Morgan fingerprint density at radius 1 is 1.42 bits per heavy atom. The number of aromatic nitrogens is 4. The van der Waals surface area contributed by atoms with Crippen LogP contribution in [0.25, 0.3) is 11.2 Å². The van der Waals surface area contributed by atoms with Gasteiger partial charge in [0.05, 0.1) is 6.33 Å². The SMILES string of the molecule is Nc1nc(SCCNC(=O)c2ccc(F)c(O)c2)c2[nH]cnc2n1. The second kappa shape index (κ2) is 6.71. The van der Waals surface area contributed by atoms with Crippen molar-refractivity contribution in [3.63, 3.8) is 0 Å². The van der Waals surface area contributed by atoms with Gasteiger partial charge < -0.3 is 21.1 Å². The Labute approximate surface area is 139 Å². The molecule has 1 aromatic carbocycles. The van der Waals surface area contributed by atoms with Gasteiger partial charge in [-0.25, -0.2) is 14.4 Å². The van der Waals surface area contributed by atoms with Crippen molar-refractivity contribution >= 4 is 34.8 Å². The second-order valence-electron chi connectivity index (χ2n) is 4.76. The predicted molar refractivity (Wildman–Crippen MR) is 87.2 cm³/mol. The maximum Gasteiger partial charge on any atom is 0.251 e. The zero-order valence-corrected chi connectivity index (χ0v) is 13.1. The number of aromatic hydroxyl groups is 1. The zero-order valence-electron chi connectivity index (χ0n) is 12.3. The molecule has 124 valence electrons. The summed E-state index contributed by atoms with van der Waals surface area (Å²) < 4.78 is 13.0. The van der Waals surface area contributed by atoms with E-state index in [0.717, 1.165) is 12.1 Å². The minimum atomic E-state index is -0.771. The normalized spacial score (nSPS) is 10.9. The maximum absolute atomic E-state index is 13.0. The molecule has 0 radical (unpaired) electrons. The van der Waals surface area contributed by atoms with Crippen LogP contribution in [0.5, 0.6) is 5.75 Å². The summed E-state index contributed by atoms with van der Waals surface area (Å²) in [5, 5.41) is 12.6. The quantitative estimate of drug-likeness (QED) is 0.311. The minimum Gasteiger partial charge on any atom is -0.505 e. The first-order chi connectivity index (χ1) is 11.5. The monoisotopic (exact) mass is 348 g/mol. The van der Waals surface area contributed by atoms with Crippen LogP contribution in [-0.2, 0) is 0 Å². The topological polar surface area (TPSA) is 130 Å². The smallest absolute Gasteiger partial charge is 0.251 e. The number of nitrogen functional groups attached to an aromatic ring is 1. The lowest BCUT2D eigenvalue weighted by Gasteiger charge is -2.06. The number of H-pyrrole nitrogens is 1. The van der Waals surface area contributed by atoms with Crippen LogP contribution in [0.2, 0.25) is 0 Å². The highest BCUT2D eigenvalue weighted by Crippen LogP contribution is 2.23. The largest absolute Gasteiger partial charge is 0.505 e. The van der Waals surface area contributed by atoms with E-state index in [1.807, 2.05) is 0 Å². The molecule has 0 aliphatic carbocycles. The van der Waals surface area contributed by atoms with Gasteiger partial charge in [-0.15, -0.1) is 11.8 Å². The number of rotatable bonds is 5. The van der Waals surface area contributed by atoms with Gasteiger partial charge in [0, 0.05) is 17.9 Å². The summed E-state index contributed by atoms with van der Waals surface area (Å²) in [5.74, 6) is -1.08. The standard InChI is InChI=1S/C14H13FN6O2S/c15-8-2-1-7(5-9(8)22)12(23)17-3-4-24-13-10-11(19-6-18-10)20-14(16)21-13/h1-2,5-6,22H,3-4H2,(H,17,23)(H3,16,18,19,20,21). The van der Waals surface area contributed by atoms with Crippen molar-refractivity contribution in [2.75, 3.05) is 18.0 Å². The molecule has 0 saturated heterocycles. The van der Waals surface area contributed by atoms with Crippen molar-refractivity contribution in [2.45, 2.75) is 5.03 Å². The van der Waals surface area contributed by atoms with Crippen LogP contribution < -0.4 is 11.1 Å². The van der Waals surface area contributed by atoms with Gasteiger partial charge in [-0.2, -0.15) is 4.98 Å². The molecule has 0 spiro atoms. The first kappa shape index (κ1) is 16.0. The Bertz CT molecular complexity index is 900. The predicted octanol–water partition coefficient (Wildman–Crippen LogP) is 1.30. The number of hydrogen-bond acceptors (Lipinski definition) is 7. The number of fused-ring (bicyclic) bond motifs is 1. The van der Waals surface area contributed by atoms with E-state index in [0.29, 0.717) is 28.5 Å². The number of amides is 1. The molecular weight excluding hydrogens is 335 g/mol. The van der Waals surface area contributed by atoms with Crippen molar-refractivity contribution in [3.05, 3.63) is 35.9 Å². The average molecular weight is 348 g/mol. The summed E-state index contributed by atoms with van der Waals surface area (Å²) in [5.41, 5.74) is 6.97. The van der Waals surface area contributed by atoms with E-state index in [1.165, 1.54) is 24.2 Å². The highest BCUT2D eigenvalue weighted by Gasteiger charge is 2.11. The van der Waals surface area contributed by atoms with Gasteiger partial charge in [-0.3, -0.25) is 4.79 Å². The van der Waals surface area contributed by atoms with Crippen molar-refractivity contribution in [3.8, 4) is 5.75 Å². The summed E-state index contributed by atoms with van der Waals surface area (Å²) in [6.45, 7) is 0.348. The fourth-order valence-electron chi connectivity index (χ4n) is 2.00. The molecule has 24 heavy (non-hydrogen) atoms.